The molecule has 0 spiro atoms. The van der Waals surface area contributed by atoms with Crippen molar-refractivity contribution in [1.82, 2.24) is 19.9 Å². The van der Waals surface area contributed by atoms with Crippen molar-refractivity contribution in [1.29, 1.82) is 0 Å². The summed E-state index contributed by atoms with van der Waals surface area (Å²) in [5.41, 5.74) is 2.05. The van der Waals surface area contributed by atoms with Crippen LogP contribution in [-0.4, -0.2) is 33.2 Å². The third-order valence-electron chi connectivity index (χ3n) is 3.33. The first kappa shape index (κ1) is 10.5. The van der Waals surface area contributed by atoms with Gasteiger partial charge in [0.2, 0.25) is 5.95 Å². The van der Waals surface area contributed by atoms with Gasteiger partial charge in [-0.1, -0.05) is 6.07 Å². The van der Waals surface area contributed by atoms with E-state index >= 15 is 0 Å². The largest absolute Gasteiger partial charge is 0.346 e. The maximum absolute atomic E-state index is 4.50. The predicted octanol–water partition coefficient (Wildman–Crippen LogP) is 1.20. The van der Waals surface area contributed by atoms with E-state index in [4.69, 9.17) is 0 Å². The topological polar surface area (TPSA) is 54.2 Å². The average Bonchev–Trinajstić information content (AvgIpc) is 2.86. The quantitative estimate of drug-likeness (QED) is 0.815. The number of anilines is 1. The van der Waals surface area contributed by atoms with Crippen molar-refractivity contribution < 1.29 is 0 Å². The lowest BCUT2D eigenvalue weighted by atomic mass is 10.0. The van der Waals surface area contributed by atoms with E-state index in [0.29, 0.717) is 5.95 Å². The lowest BCUT2D eigenvalue weighted by Crippen LogP contribution is -2.37. The van der Waals surface area contributed by atoms with Crippen molar-refractivity contribution in [2.45, 2.75) is 25.8 Å². The summed E-state index contributed by atoms with van der Waals surface area (Å²) < 4.78 is 1.87. The number of fused-ring (bicyclic) bond motifs is 1. The number of aromatic nitrogens is 3. The van der Waals surface area contributed by atoms with Crippen LogP contribution in [0.3, 0.4) is 0 Å². The van der Waals surface area contributed by atoms with Gasteiger partial charge in [0.15, 0.2) is 5.65 Å². The van der Waals surface area contributed by atoms with Crippen LogP contribution in [-0.2, 0) is 0 Å². The second kappa shape index (κ2) is 3.70. The van der Waals surface area contributed by atoms with E-state index in [9.17, 15) is 0 Å². The van der Waals surface area contributed by atoms with Crippen LogP contribution >= 0.6 is 0 Å². The van der Waals surface area contributed by atoms with E-state index in [0.717, 1.165) is 30.9 Å². The second-order valence-electron chi connectivity index (χ2n) is 4.99. The first-order valence-electron chi connectivity index (χ1n) is 5.98. The fourth-order valence-corrected chi connectivity index (χ4v) is 2.28. The molecule has 5 heteroatoms. The van der Waals surface area contributed by atoms with Gasteiger partial charge < -0.3 is 10.6 Å². The van der Waals surface area contributed by atoms with Crippen LogP contribution < -0.4 is 10.6 Å². The lowest BCUT2D eigenvalue weighted by molar-refractivity contribution is 0.561. The van der Waals surface area contributed by atoms with Crippen molar-refractivity contribution in [2.24, 2.45) is 0 Å². The molecule has 5 nitrogen and oxygen atoms in total. The van der Waals surface area contributed by atoms with Crippen molar-refractivity contribution in [3.63, 3.8) is 0 Å². The Bertz CT molecular complexity index is 539. The number of rotatable bonds is 2. The summed E-state index contributed by atoms with van der Waals surface area (Å²) in [7, 11) is 0. The minimum Gasteiger partial charge on any atom is -0.346 e. The maximum Gasteiger partial charge on any atom is 0.243 e. The number of nitrogens with one attached hydrogen (secondary N) is 2. The normalized spacial score (nSPS) is 24.4. The summed E-state index contributed by atoms with van der Waals surface area (Å²) in [6.07, 6.45) is 1.10. The molecule has 2 N–H and O–H groups in total. The van der Waals surface area contributed by atoms with Gasteiger partial charge in [-0.2, -0.15) is 4.98 Å². The van der Waals surface area contributed by atoms with Crippen LogP contribution in [0.15, 0.2) is 18.2 Å². The first-order chi connectivity index (χ1) is 8.16. The molecule has 3 heterocycles. The van der Waals surface area contributed by atoms with Crippen molar-refractivity contribution in [2.75, 3.05) is 18.4 Å². The summed E-state index contributed by atoms with van der Waals surface area (Å²) >= 11 is 0. The summed E-state index contributed by atoms with van der Waals surface area (Å²) in [5, 5.41) is 11.3. The first-order valence-corrected chi connectivity index (χ1v) is 5.98. The number of nitrogens with zero attached hydrogens (tertiary/aromatic N) is 3. The Morgan fingerprint density at radius 1 is 1.47 bits per heavy atom. The monoisotopic (exact) mass is 231 g/mol. The van der Waals surface area contributed by atoms with Gasteiger partial charge >= 0.3 is 0 Å². The standard InChI is InChI=1S/C12H17N5/c1-9-4-3-5-10-14-11(16-17(9)10)15-12(2)6-7-13-8-12/h3-5,13H,6-8H2,1-2H3,(H,15,16). The Balaban J connectivity index is 1.93. The van der Waals surface area contributed by atoms with E-state index in [2.05, 4.69) is 27.6 Å². The van der Waals surface area contributed by atoms with Gasteiger partial charge in [0, 0.05) is 12.2 Å². The summed E-state index contributed by atoms with van der Waals surface area (Å²) in [6.45, 7) is 6.24. The Hall–Kier alpha value is -1.62. The van der Waals surface area contributed by atoms with E-state index in [-0.39, 0.29) is 5.54 Å². The van der Waals surface area contributed by atoms with Crippen LogP contribution in [0.1, 0.15) is 19.0 Å². The molecule has 1 aliphatic heterocycles. The fourth-order valence-electron chi connectivity index (χ4n) is 2.28. The smallest absolute Gasteiger partial charge is 0.243 e. The molecule has 2 aromatic rings. The zero-order chi connectivity index (χ0) is 11.9. The van der Waals surface area contributed by atoms with Crippen LogP contribution in [0, 0.1) is 6.92 Å². The van der Waals surface area contributed by atoms with Gasteiger partial charge in [0.1, 0.15) is 0 Å². The molecule has 90 valence electrons. The molecule has 17 heavy (non-hydrogen) atoms. The van der Waals surface area contributed by atoms with Crippen molar-refractivity contribution in [3.05, 3.63) is 23.9 Å². The summed E-state index contributed by atoms with van der Waals surface area (Å²) in [6, 6.07) is 6.01. The van der Waals surface area contributed by atoms with Crippen molar-refractivity contribution in [3.8, 4) is 0 Å². The highest BCUT2D eigenvalue weighted by molar-refractivity contribution is 5.45. The number of pyridine rings is 1. The molecule has 0 aromatic carbocycles. The Kier molecular flexibility index (Phi) is 2.29. The van der Waals surface area contributed by atoms with Crippen molar-refractivity contribution >= 4 is 11.6 Å². The molecule has 1 unspecified atom stereocenters. The van der Waals surface area contributed by atoms with E-state index < -0.39 is 0 Å². The zero-order valence-corrected chi connectivity index (χ0v) is 10.2. The average molecular weight is 231 g/mol. The van der Waals surface area contributed by atoms with Gasteiger partial charge in [0.25, 0.3) is 0 Å². The highest BCUT2D eigenvalue weighted by Gasteiger charge is 2.29. The summed E-state index contributed by atoms with van der Waals surface area (Å²) in [4.78, 5) is 4.50. The van der Waals surface area contributed by atoms with E-state index in [1.165, 1.54) is 0 Å². The number of aryl methyl sites for hydroxylation is 1. The second-order valence-corrected chi connectivity index (χ2v) is 4.99. The lowest BCUT2D eigenvalue weighted by Gasteiger charge is -2.23. The van der Waals surface area contributed by atoms with E-state index in [1.54, 1.807) is 0 Å². The fraction of sp³-hybridized carbons (Fsp3) is 0.500. The summed E-state index contributed by atoms with van der Waals surface area (Å²) in [5.74, 6) is 0.713. The Morgan fingerprint density at radius 3 is 3.06 bits per heavy atom. The predicted molar refractivity (Wildman–Crippen MR) is 67.2 cm³/mol. The molecule has 3 rings (SSSR count). The molecule has 1 aliphatic rings. The molecular weight excluding hydrogens is 214 g/mol. The molecule has 1 fully saturated rings. The molecule has 0 radical (unpaired) electrons. The molecule has 2 aromatic heterocycles. The van der Waals surface area contributed by atoms with Crippen LogP contribution in [0.5, 0.6) is 0 Å². The zero-order valence-electron chi connectivity index (χ0n) is 10.2. The van der Waals surface area contributed by atoms with Crippen LogP contribution in [0.25, 0.3) is 5.65 Å². The molecule has 1 atom stereocenters. The highest BCUT2D eigenvalue weighted by atomic mass is 15.4. The van der Waals surface area contributed by atoms with E-state index in [1.807, 2.05) is 29.6 Å². The highest BCUT2D eigenvalue weighted by Crippen LogP contribution is 2.19. The molecule has 0 bridgehead atoms. The minimum absolute atomic E-state index is 0.0683. The minimum atomic E-state index is 0.0683. The number of hydrogen-bond acceptors (Lipinski definition) is 4. The molecule has 1 saturated heterocycles. The third-order valence-corrected chi connectivity index (χ3v) is 3.33. The van der Waals surface area contributed by atoms with Gasteiger partial charge in [-0.3, -0.25) is 0 Å². The van der Waals surface area contributed by atoms with Gasteiger partial charge in [-0.25, -0.2) is 4.52 Å². The van der Waals surface area contributed by atoms with Gasteiger partial charge in [-0.05, 0) is 38.9 Å². The molecule has 0 saturated carbocycles. The maximum atomic E-state index is 4.50. The Labute approximate surface area is 100 Å². The van der Waals surface area contributed by atoms with Crippen LogP contribution in [0.4, 0.5) is 5.95 Å². The van der Waals surface area contributed by atoms with Gasteiger partial charge in [0.05, 0.1) is 5.54 Å². The van der Waals surface area contributed by atoms with Crippen LogP contribution in [0.2, 0.25) is 0 Å². The van der Waals surface area contributed by atoms with Gasteiger partial charge in [-0.15, -0.1) is 5.10 Å². The molecular formula is C12H17N5. The molecule has 0 aliphatic carbocycles. The third kappa shape index (κ3) is 1.86. The Morgan fingerprint density at radius 2 is 2.35 bits per heavy atom. The SMILES string of the molecule is Cc1cccc2nc(NC3(C)CCNC3)nn12. The number of hydrogen-bond donors (Lipinski definition) is 2. The molecule has 0 amide bonds.